The molecule has 11 rings (SSSR count). The fraction of sp³-hybridized carbons (Fsp3) is 0.625. The normalized spacial score (nSPS) is 108. The van der Waals surface area contributed by atoms with Crippen molar-refractivity contribution in [1.82, 2.24) is 0 Å². The molecular formula is C16H12BrClFe. The molecule has 98 valence electrons. The molecule has 0 saturated carbocycles. The molecule has 4 unspecified atom stereocenters. The van der Waals surface area contributed by atoms with Gasteiger partial charge in [0, 0.05) is 0 Å². The summed E-state index contributed by atoms with van der Waals surface area (Å²) in [7, 11) is 0. The number of hydrogen-bond donors (Lipinski definition) is 0. The molecule has 0 N–H and O–H groups in total. The van der Waals surface area contributed by atoms with Gasteiger partial charge < -0.3 is 0 Å². The molecule has 0 bridgehead atoms. The molecular weight excluding hydrogens is 363 g/mol. The first-order chi connectivity index (χ1) is 8.96. The summed E-state index contributed by atoms with van der Waals surface area (Å²) < 4.78 is 2.24. The maximum absolute atomic E-state index is 6.38. The van der Waals surface area contributed by atoms with Crippen LogP contribution in [0.15, 0.2) is 22.7 Å². The van der Waals surface area contributed by atoms with Gasteiger partial charge in [-0.1, -0.05) is 0 Å². The second-order valence-electron chi connectivity index (χ2n) is 11.3. The monoisotopic (exact) mass is 374 g/mol. The molecule has 0 nitrogen and oxygen atoms in total. The second-order valence-corrected chi connectivity index (χ2v) is 36.2. The zero-order valence-corrected chi connectivity index (χ0v) is 13.5. The van der Waals surface area contributed by atoms with Crippen LogP contribution in [0.4, 0.5) is 0 Å². The molecule has 3 heteroatoms. The standard InChI is InChI=1S/C11H7BrCl.C5H5.Fe/c12-11-6-5-9(13)7-10(11)8-3-1-2-4-8;1-2-4-5-3-1;/h1-7H;1-5H;. The van der Waals surface area contributed by atoms with E-state index >= 15 is 0 Å². The first-order valence-electron chi connectivity index (χ1n) is 7.62. The molecule has 0 aromatic heterocycles. The third-order valence-electron chi connectivity index (χ3n) is 16.0. The van der Waals surface area contributed by atoms with Gasteiger partial charge in [-0.05, 0) is 0 Å². The van der Waals surface area contributed by atoms with E-state index in [1.807, 2.05) is 0 Å². The molecule has 1 aromatic rings. The SMILES string of the molecule is Clc1ccc(Br)c([C]23[CH]4[CH]5[CH]6[CH]2[Fe]56432789[CH]3[CH]2[CH]7[CH]8[CH]39)c1. The van der Waals surface area contributed by atoms with Crippen molar-refractivity contribution in [3.05, 3.63) is 33.3 Å². The Morgan fingerprint density at radius 3 is 1.95 bits per heavy atom. The number of fused-ring (bicyclic) bond motifs is 10. The van der Waals surface area contributed by atoms with Crippen LogP contribution < -0.4 is 0 Å². The molecule has 0 radical (unpaired) electrons. The summed E-state index contributed by atoms with van der Waals surface area (Å²) in [6.07, 6.45) is 0. The van der Waals surface area contributed by atoms with Gasteiger partial charge in [-0.25, -0.2) is 0 Å². The summed E-state index contributed by atoms with van der Waals surface area (Å²) >= 11 is 10.3. The summed E-state index contributed by atoms with van der Waals surface area (Å²) in [6, 6.07) is 6.69. The Morgan fingerprint density at radius 2 is 1.53 bits per heavy atom. The number of hydrogen-bond acceptors (Lipinski definition) is 0. The van der Waals surface area contributed by atoms with Crippen molar-refractivity contribution in [2.75, 3.05) is 0 Å². The van der Waals surface area contributed by atoms with E-state index in [-0.39, 0.29) is 0 Å². The van der Waals surface area contributed by atoms with Gasteiger partial charge in [0.15, 0.2) is 0 Å². The molecule has 10 saturated heterocycles. The molecule has 4 atom stereocenters. The molecule has 1 spiro atoms. The zero-order chi connectivity index (χ0) is 11.9. The minimum absolute atomic E-state index is 0.836. The topological polar surface area (TPSA) is 0 Å². The van der Waals surface area contributed by atoms with Crippen LogP contribution in [0.2, 0.25) is 48.4 Å². The molecule has 10 aliphatic heterocycles. The molecule has 0 aliphatic carbocycles. The molecule has 10 fully saturated rings. The molecule has 1 aromatic carbocycles. The predicted octanol–water partition coefficient (Wildman–Crippen LogP) is 5.90. The Balaban J connectivity index is 1.55. The Kier molecular flexibility index (Phi) is 0.280. The number of rotatable bonds is 1. The van der Waals surface area contributed by atoms with E-state index in [4.69, 9.17) is 11.6 Å². The predicted molar refractivity (Wildman–Crippen MR) is 74.6 cm³/mol. The first kappa shape index (κ1) is 7.68. The van der Waals surface area contributed by atoms with Gasteiger partial charge in [-0.15, -0.1) is 0 Å². The van der Waals surface area contributed by atoms with E-state index in [0.717, 1.165) is 9.34 Å². The zero-order valence-electron chi connectivity index (χ0n) is 10.0. The van der Waals surface area contributed by atoms with Crippen LogP contribution in [0.3, 0.4) is 0 Å². The van der Waals surface area contributed by atoms with Crippen LogP contribution in [0.25, 0.3) is 0 Å². The van der Waals surface area contributed by atoms with Gasteiger partial charge in [0.25, 0.3) is 0 Å². The van der Waals surface area contributed by atoms with Crippen molar-refractivity contribution in [2.24, 2.45) is 0 Å². The van der Waals surface area contributed by atoms with Crippen molar-refractivity contribution in [1.29, 1.82) is 0 Å². The van der Waals surface area contributed by atoms with Crippen LogP contribution in [-0.2, 0) is 10.8 Å². The van der Waals surface area contributed by atoms with E-state index in [1.54, 1.807) is 5.56 Å². The van der Waals surface area contributed by atoms with Crippen LogP contribution in [0.5, 0.6) is 0 Å². The van der Waals surface area contributed by atoms with Crippen LogP contribution in [0.1, 0.15) is 5.56 Å². The van der Waals surface area contributed by atoms with Gasteiger partial charge in [-0.2, -0.15) is 0 Å². The van der Waals surface area contributed by atoms with Crippen molar-refractivity contribution in [2.45, 2.75) is 47.7 Å². The van der Waals surface area contributed by atoms with Gasteiger partial charge in [0.1, 0.15) is 0 Å². The van der Waals surface area contributed by atoms with Crippen molar-refractivity contribution in [3.63, 3.8) is 0 Å². The molecule has 0 amide bonds. The van der Waals surface area contributed by atoms with Crippen LogP contribution in [0, 0.1) is 0 Å². The van der Waals surface area contributed by atoms with E-state index in [1.165, 1.54) is 47.8 Å². The Labute approximate surface area is 114 Å². The van der Waals surface area contributed by atoms with E-state index in [2.05, 4.69) is 34.1 Å². The van der Waals surface area contributed by atoms with E-state index in [0.29, 0.717) is 0 Å². The summed E-state index contributed by atoms with van der Waals surface area (Å²) in [5, 5.41) is 0.981. The fourth-order valence-corrected chi connectivity index (χ4v) is 92.8. The average Bonchev–Trinajstić information content (AvgIpc) is 3.35. The Hall–Kier alpha value is 0.509. The average molecular weight is 375 g/mol. The number of halogens is 2. The van der Waals surface area contributed by atoms with Gasteiger partial charge >= 0.3 is 115 Å². The van der Waals surface area contributed by atoms with Crippen molar-refractivity contribution in [3.8, 4) is 0 Å². The second kappa shape index (κ2) is 0.693. The van der Waals surface area contributed by atoms with Gasteiger partial charge in [-0.3, -0.25) is 0 Å². The van der Waals surface area contributed by atoms with Crippen LogP contribution >= 0.6 is 27.5 Å². The molecule has 10 heterocycles. The van der Waals surface area contributed by atoms with Crippen molar-refractivity contribution < 1.29 is 6.51 Å². The summed E-state index contributed by atoms with van der Waals surface area (Å²) in [4.78, 5) is 12.5. The van der Waals surface area contributed by atoms with Gasteiger partial charge in [0.05, 0.1) is 0 Å². The summed E-state index contributed by atoms with van der Waals surface area (Å²) in [5.41, 5.74) is 1.73. The van der Waals surface area contributed by atoms with Gasteiger partial charge in [0.2, 0.25) is 0 Å². The molecule has 10 aliphatic rings. The minimum atomic E-state index is -2.98. The fourth-order valence-electron chi connectivity index (χ4n) is 17.7. The third-order valence-corrected chi connectivity index (χ3v) is 59.3. The Morgan fingerprint density at radius 1 is 0.947 bits per heavy atom. The maximum atomic E-state index is 6.38. The number of benzene rings is 1. The Bertz CT molecular complexity index is 1140. The van der Waals surface area contributed by atoms with Crippen molar-refractivity contribution >= 4 is 27.5 Å². The summed E-state index contributed by atoms with van der Waals surface area (Å²) in [6.45, 7) is -2.98. The van der Waals surface area contributed by atoms with E-state index in [9.17, 15) is 0 Å². The third kappa shape index (κ3) is 0.0933. The first-order valence-corrected chi connectivity index (χ1v) is 15.1. The van der Waals surface area contributed by atoms with Crippen LogP contribution in [-0.4, -0.2) is 0 Å². The van der Waals surface area contributed by atoms with E-state index < -0.39 is 6.51 Å². The summed E-state index contributed by atoms with van der Waals surface area (Å²) in [5.74, 6) is 0. The quantitative estimate of drug-likeness (QED) is 0.536. The molecule has 19 heavy (non-hydrogen) atoms.